The monoisotopic (exact) mass is 309 g/mol. The second-order valence-corrected chi connectivity index (χ2v) is 6.07. The van der Waals surface area contributed by atoms with Crippen LogP contribution in [0.25, 0.3) is 10.2 Å². The van der Waals surface area contributed by atoms with E-state index in [-0.39, 0.29) is 0 Å². The average molecular weight is 309 g/mol. The molecule has 0 aromatic carbocycles. The summed E-state index contributed by atoms with van der Waals surface area (Å²) in [5.41, 5.74) is 1.25. The lowest BCUT2D eigenvalue weighted by Gasteiger charge is -2.07. The molecule has 6 heteroatoms. The highest BCUT2D eigenvalue weighted by molar-refractivity contribution is 7.18. The molecule has 0 bridgehead atoms. The molecule has 0 saturated carbocycles. The van der Waals surface area contributed by atoms with E-state index in [0.717, 1.165) is 29.1 Å². The molecule has 0 spiro atoms. The van der Waals surface area contributed by atoms with Gasteiger partial charge >= 0.3 is 0 Å². The molecule has 2 aromatic rings. The van der Waals surface area contributed by atoms with Crippen LogP contribution in [0, 0.1) is 13.8 Å². The van der Waals surface area contributed by atoms with Crippen molar-refractivity contribution < 1.29 is 9.47 Å². The number of anilines is 1. The molecule has 0 saturated heterocycles. The SMILES string of the molecule is CCCOCCOCc1nc(NC)c2c(C)c(C)sc2n1. The van der Waals surface area contributed by atoms with Crippen LogP contribution < -0.4 is 5.32 Å². The van der Waals surface area contributed by atoms with E-state index < -0.39 is 0 Å². The van der Waals surface area contributed by atoms with E-state index in [2.05, 4.69) is 36.1 Å². The fraction of sp³-hybridized carbons (Fsp3) is 0.600. The van der Waals surface area contributed by atoms with Crippen LogP contribution in [0.1, 0.15) is 29.6 Å². The molecule has 0 unspecified atom stereocenters. The Morgan fingerprint density at radius 2 is 1.86 bits per heavy atom. The normalized spacial score (nSPS) is 11.2. The third-order valence-corrected chi connectivity index (χ3v) is 4.36. The van der Waals surface area contributed by atoms with E-state index in [1.165, 1.54) is 10.4 Å². The average Bonchev–Trinajstić information content (AvgIpc) is 2.77. The Bertz CT molecular complexity index is 598. The van der Waals surface area contributed by atoms with Gasteiger partial charge in [0.25, 0.3) is 0 Å². The highest BCUT2D eigenvalue weighted by Gasteiger charge is 2.13. The molecule has 0 radical (unpaired) electrons. The first-order valence-electron chi connectivity index (χ1n) is 7.27. The second-order valence-electron chi connectivity index (χ2n) is 4.87. The number of ether oxygens (including phenoxy) is 2. The van der Waals surface area contributed by atoms with Crippen molar-refractivity contribution in [2.45, 2.75) is 33.8 Å². The van der Waals surface area contributed by atoms with Crippen molar-refractivity contribution in [1.29, 1.82) is 0 Å². The summed E-state index contributed by atoms with van der Waals surface area (Å²) in [4.78, 5) is 11.4. The Morgan fingerprint density at radius 3 is 2.57 bits per heavy atom. The first-order valence-corrected chi connectivity index (χ1v) is 8.08. The van der Waals surface area contributed by atoms with Gasteiger partial charge in [-0.15, -0.1) is 11.3 Å². The molecule has 0 amide bonds. The topological polar surface area (TPSA) is 56.3 Å². The number of aryl methyl sites for hydroxylation is 2. The highest BCUT2D eigenvalue weighted by Crippen LogP contribution is 2.33. The van der Waals surface area contributed by atoms with Crippen LogP contribution >= 0.6 is 11.3 Å². The fourth-order valence-corrected chi connectivity index (χ4v) is 3.11. The van der Waals surface area contributed by atoms with Gasteiger partial charge in [0.05, 0.1) is 18.6 Å². The molecule has 5 nitrogen and oxygen atoms in total. The van der Waals surface area contributed by atoms with E-state index in [9.17, 15) is 0 Å². The Balaban J connectivity index is 2.04. The number of thiophene rings is 1. The zero-order valence-electron chi connectivity index (χ0n) is 13.2. The van der Waals surface area contributed by atoms with Crippen LogP contribution in [-0.2, 0) is 16.1 Å². The molecule has 0 aliphatic carbocycles. The van der Waals surface area contributed by atoms with Crippen molar-refractivity contribution in [3.8, 4) is 0 Å². The zero-order valence-corrected chi connectivity index (χ0v) is 14.0. The minimum Gasteiger partial charge on any atom is -0.379 e. The maximum absolute atomic E-state index is 5.58. The van der Waals surface area contributed by atoms with Gasteiger partial charge in [0, 0.05) is 18.5 Å². The number of aromatic nitrogens is 2. The van der Waals surface area contributed by atoms with Crippen LogP contribution in [-0.4, -0.2) is 36.8 Å². The zero-order chi connectivity index (χ0) is 15.2. The van der Waals surface area contributed by atoms with Crippen LogP contribution in [0.5, 0.6) is 0 Å². The van der Waals surface area contributed by atoms with Gasteiger partial charge < -0.3 is 14.8 Å². The van der Waals surface area contributed by atoms with Gasteiger partial charge in [0.15, 0.2) is 5.82 Å². The Hall–Kier alpha value is -1.24. The van der Waals surface area contributed by atoms with Crippen molar-refractivity contribution in [3.05, 3.63) is 16.3 Å². The van der Waals surface area contributed by atoms with Gasteiger partial charge in [0.1, 0.15) is 17.3 Å². The number of hydrogen-bond donors (Lipinski definition) is 1. The number of rotatable bonds is 8. The van der Waals surface area contributed by atoms with Crippen molar-refractivity contribution in [2.75, 3.05) is 32.2 Å². The molecule has 116 valence electrons. The molecule has 2 aromatic heterocycles. The Morgan fingerprint density at radius 1 is 1.10 bits per heavy atom. The van der Waals surface area contributed by atoms with Gasteiger partial charge in [-0.3, -0.25) is 0 Å². The minimum absolute atomic E-state index is 0.413. The van der Waals surface area contributed by atoms with Gasteiger partial charge in [-0.1, -0.05) is 6.92 Å². The summed E-state index contributed by atoms with van der Waals surface area (Å²) in [6.07, 6.45) is 1.03. The van der Waals surface area contributed by atoms with Gasteiger partial charge in [-0.25, -0.2) is 9.97 Å². The third-order valence-electron chi connectivity index (χ3n) is 3.26. The van der Waals surface area contributed by atoms with E-state index in [4.69, 9.17) is 9.47 Å². The number of nitrogens with one attached hydrogen (secondary N) is 1. The molecule has 21 heavy (non-hydrogen) atoms. The van der Waals surface area contributed by atoms with Crippen LogP contribution in [0.15, 0.2) is 0 Å². The van der Waals surface area contributed by atoms with E-state index >= 15 is 0 Å². The summed E-state index contributed by atoms with van der Waals surface area (Å²) < 4.78 is 11.0. The third kappa shape index (κ3) is 3.90. The number of hydrogen-bond acceptors (Lipinski definition) is 6. The largest absolute Gasteiger partial charge is 0.379 e. The second kappa shape index (κ2) is 7.68. The molecular weight excluding hydrogens is 286 g/mol. The Kier molecular flexibility index (Phi) is 5.90. The van der Waals surface area contributed by atoms with Crippen molar-refractivity contribution in [1.82, 2.24) is 9.97 Å². The maximum Gasteiger partial charge on any atom is 0.158 e. The first kappa shape index (κ1) is 16.1. The summed E-state index contributed by atoms with van der Waals surface area (Å²) in [6, 6.07) is 0. The molecule has 0 aliphatic heterocycles. The van der Waals surface area contributed by atoms with Gasteiger partial charge in [-0.2, -0.15) is 0 Å². The molecule has 1 N–H and O–H groups in total. The standard InChI is InChI=1S/C15H23N3O2S/c1-5-6-19-7-8-20-9-12-17-14(16-4)13-10(2)11(3)21-15(13)18-12/h5-9H2,1-4H3,(H,16,17,18). The predicted octanol–water partition coefficient (Wildman–Crippen LogP) is 3.29. The lowest BCUT2D eigenvalue weighted by atomic mass is 10.2. The van der Waals surface area contributed by atoms with E-state index in [0.29, 0.717) is 25.6 Å². The lowest BCUT2D eigenvalue weighted by molar-refractivity contribution is 0.0387. The maximum atomic E-state index is 5.58. The Labute approximate surface area is 129 Å². The van der Waals surface area contributed by atoms with Crippen molar-refractivity contribution in [3.63, 3.8) is 0 Å². The quantitative estimate of drug-likeness (QED) is 0.758. The van der Waals surface area contributed by atoms with E-state index in [1.54, 1.807) is 11.3 Å². The van der Waals surface area contributed by atoms with Gasteiger partial charge in [-0.05, 0) is 25.8 Å². The summed E-state index contributed by atoms with van der Waals surface area (Å²) in [5.74, 6) is 1.59. The van der Waals surface area contributed by atoms with Crippen molar-refractivity contribution >= 4 is 27.4 Å². The molecule has 2 rings (SSSR count). The summed E-state index contributed by atoms with van der Waals surface area (Å²) in [6.45, 7) is 8.70. The summed E-state index contributed by atoms with van der Waals surface area (Å²) in [5, 5.41) is 4.28. The molecule has 2 heterocycles. The van der Waals surface area contributed by atoms with Crippen molar-refractivity contribution in [2.24, 2.45) is 0 Å². The number of nitrogens with zero attached hydrogens (tertiary/aromatic N) is 2. The molecule has 0 fully saturated rings. The lowest BCUT2D eigenvalue weighted by Crippen LogP contribution is -2.07. The smallest absolute Gasteiger partial charge is 0.158 e. The molecule has 0 aliphatic rings. The molecular formula is C15H23N3O2S. The minimum atomic E-state index is 0.413. The van der Waals surface area contributed by atoms with Gasteiger partial charge in [0.2, 0.25) is 0 Å². The fourth-order valence-electron chi connectivity index (χ4n) is 2.07. The number of fused-ring (bicyclic) bond motifs is 1. The molecule has 0 atom stereocenters. The highest BCUT2D eigenvalue weighted by atomic mass is 32.1. The summed E-state index contributed by atoms with van der Waals surface area (Å²) >= 11 is 1.70. The van der Waals surface area contributed by atoms with Crippen LogP contribution in [0.2, 0.25) is 0 Å². The van der Waals surface area contributed by atoms with Crippen LogP contribution in [0.4, 0.5) is 5.82 Å². The predicted molar refractivity (Wildman–Crippen MR) is 87.2 cm³/mol. The summed E-state index contributed by atoms with van der Waals surface area (Å²) in [7, 11) is 1.89. The van der Waals surface area contributed by atoms with E-state index in [1.807, 2.05) is 7.05 Å². The first-order chi connectivity index (χ1) is 10.2. The van der Waals surface area contributed by atoms with Crippen LogP contribution in [0.3, 0.4) is 0 Å².